The van der Waals surface area contributed by atoms with E-state index in [9.17, 15) is 18.4 Å². The van der Waals surface area contributed by atoms with Crippen LogP contribution in [0.5, 0.6) is 5.75 Å². The molecule has 0 aliphatic heterocycles. The second-order valence-electron chi connectivity index (χ2n) is 7.12. The minimum Gasteiger partial charge on any atom is -0.435 e. The van der Waals surface area contributed by atoms with Crippen LogP contribution in [0.25, 0.3) is 0 Å². The van der Waals surface area contributed by atoms with Crippen molar-refractivity contribution in [3.63, 3.8) is 0 Å². The SMILES string of the molecule is CCCN(CC(=O)NCCc1ccc(OC(F)F)cc1)C(C)C(=O)Nc1ccccc1. The van der Waals surface area contributed by atoms with E-state index < -0.39 is 12.7 Å². The zero-order valence-corrected chi connectivity index (χ0v) is 17.8. The lowest BCUT2D eigenvalue weighted by molar-refractivity contribution is -0.125. The monoisotopic (exact) mass is 433 g/mol. The van der Waals surface area contributed by atoms with Gasteiger partial charge in [0.2, 0.25) is 11.8 Å². The minimum atomic E-state index is -2.85. The van der Waals surface area contributed by atoms with E-state index in [4.69, 9.17) is 0 Å². The summed E-state index contributed by atoms with van der Waals surface area (Å²) in [5.74, 6) is -0.246. The Bertz CT molecular complexity index is 817. The first-order chi connectivity index (χ1) is 14.9. The Balaban J connectivity index is 1.81. The van der Waals surface area contributed by atoms with Crippen LogP contribution in [-0.4, -0.2) is 49.0 Å². The summed E-state index contributed by atoms with van der Waals surface area (Å²) < 4.78 is 28.7. The lowest BCUT2D eigenvalue weighted by Crippen LogP contribution is -2.47. The summed E-state index contributed by atoms with van der Waals surface area (Å²) >= 11 is 0. The maximum atomic E-state index is 12.6. The third-order valence-corrected chi connectivity index (χ3v) is 4.71. The highest BCUT2D eigenvalue weighted by Gasteiger charge is 2.22. The molecule has 0 spiro atoms. The van der Waals surface area contributed by atoms with Crippen molar-refractivity contribution in [3.05, 3.63) is 60.2 Å². The largest absolute Gasteiger partial charge is 0.435 e. The quantitative estimate of drug-likeness (QED) is 0.536. The molecule has 0 heterocycles. The summed E-state index contributed by atoms with van der Waals surface area (Å²) in [5, 5.41) is 5.71. The van der Waals surface area contributed by atoms with Crippen LogP contribution in [0.15, 0.2) is 54.6 Å². The number of para-hydroxylation sites is 1. The number of hydrogen-bond acceptors (Lipinski definition) is 4. The number of carbonyl (C=O) groups excluding carboxylic acids is 2. The maximum absolute atomic E-state index is 12.6. The van der Waals surface area contributed by atoms with Crippen LogP contribution >= 0.6 is 0 Å². The van der Waals surface area contributed by atoms with Gasteiger partial charge < -0.3 is 15.4 Å². The molecule has 2 N–H and O–H groups in total. The standard InChI is InChI=1S/C23H29F2N3O3/c1-3-15-28(17(2)22(30)27-19-7-5-4-6-8-19)16-21(29)26-14-13-18-9-11-20(12-10-18)31-23(24)25/h4-12,17,23H,3,13-16H2,1-2H3,(H,26,29)(H,27,30). The fraction of sp³-hybridized carbons (Fsp3) is 0.391. The minimum absolute atomic E-state index is 0.0979. The fourth-order valence-electron chi connectivity index (χ4n) is 3.06. The molecule has 0 aromatic heterocycles. The zero-order chi connectivity index (χ0) is 22.6. The Labute approximate surface area is 181 Å². The highest BCUT2D eigenvalue weighted by Crippen LogP contribution is 2.15. The van der Waals surface area contributed by atoms with Crippen molar-refractivity contribution < 1.29 is 23.1 Å². The Morgan fingerprint density at radius 1 is 1.06 bits per heavy atom. The molecule has 1 atom stereocenters. The van der Waals surface area contributed by atoms with Gasteiger partial charge in [-0.2, -0.15) is 8.78 Å². The summed E-state index contributed by atoms with van der Waals surface area (Å²) in [5.41, 5.74) is 1.60. The first-order valence-electron chi connectivity index (χ1n) is 10.3. The van der Waals surface area contributed by atoms with E-state index in [0.29, 0.717) is 25.2 Å². The summed E-state index contributed by atoms with van der Waals surface area (Å²) in [4.78, 5) is 26.8. The highest BCUT2D eigenvalue weighted by molar-refractivity contribution is 5.94. The smallest absolute Gasteiger partial charge is 0.387 e. The van der Waals surface area contributed by atoms with E-state index in [2.05, 4.69) is 15.4 Å². The average molecular weight is 433 g/mol. The number of halogens is 2. The van der Waals surface area contributed by atoms with E-state index in [1.807, 2.05) is 42.2 Å². The lowest BCUT2D eigenvalue weighted by atomic mass is 10.1. The number of hydrogen-bond donors (Lipinski definition) is 2. The summed E-state index contributed by atoms with van der Waals surface area (Å²) in [6.07, 6.45) is 1.36. The van der Waals surface area contributed by atoms with Crippen LogP contribution in [0, 0.1) is 0 Å². The predicted octanol–water partition coefficient (Wildman–Crippen LogP) is 3.69. The number of alkyl halides is 2. The number of benzene rings is 2. The Hall–Kier alpha value is -3.00. The number of ether oxygens (including phenoxy) is 1. The van der Waals surface area contributed by atoms with Gasteiger partial charge in [0.1, 0.15) is 5.75 Å². The third-order valence-electron chi connectivity index (χ3n) is 4.71. The third kappa shape index (κ3) is 8.72. The van der Waals surface area contributed by atoms with E-state index in [1.54, 1.807) is 19.1 Å². The molecule has 6 nitrogen and oxygen atoms in total. The molecule has 2 rings (SSSR count). The Morgan fingerprint density at radius 2 is 1.74 bits per heavy atom. The van der Waals surface area contributed by atoms with Gasteiger partial charge in [0, 0.05) is 12.2 Å². The van der Waals surface area contributed by atoms with Gasteiger partial charge in [-0.15, -0.1) is 0 Å². The second-order valence-corrected chi connectivity index (χ2v) is 7.12. The van der Waals surface area contributed by atoms with Crippen molar-refractivity contribution in [3.8, 4) is 5.75 Å². The van der Waals surface area contributed by atoms with Crippen LogP contribution in [0.4, 0.5) is 14.5 Å². The molecule has 2 amide bonds. The molecule has 0 fully saturated rings. The number of carbonyl (C=O) groups is 2. The molecule has 2 aromatic rings. The number of amides is 2. The molecular formula is C23H29F2N3O3. The van der Waals surface area contributed by atoms with Gasteiger partial charge in [-0.3, -0.25) is 14.5 Å². The number of rotatable bonds is 12. The van der Waals surface area contributed by atoms with Crippen molar-refractivity contribution in [2.75, 3.05) is 25.0 Å². The maximum Gasteiger partial charge on any atom is 0.387 e. The Kier molecular flexibility index (Phi) is 9.90. The molecule has 8 heteroatoms. The number of nitrogens with one attached hydrogen (secondary N) is 2. The number of nitrogens with zero attached hydrogens (tertiary/aromatic N) is 1. The van der Waals surface area contributed by atoms with E-state index in [0.717, 1.165) is 12.0 Å². The van der Waals surface area contributed by atoms with Crippen molar-refractivity contribution in [1.82, 2.24) is 10.2 Å². The van der Waals surface area contributed by atoms with Crippen molar-refractivity contribution in [2.45, 2.75) is 39.3 Å². The van der Waals surface area contributed by atoms with Crippen LogP contribution in [0.2, 0.25) is 0 Å². The van der Waals surface area contributed by atoms with Crippen LogP contribution in [-0.2, 0) is 16.0 Å². The molecule has 31 heavy (non-hydrogen) atoms. The van der Waals surface area contributed by atoms with E-state index >= 15 is 0 Å². The van der Waals surface area contributed by atoms with Crippen molar-refractivity contribution >= 4 is 17.5 Å². The summed E-state index contributed by atoms with van der Waals surface area (Å²) in [7, 11) is 0. The first kappa shape index (κ1) is 24.3. The normalized spacial score (nSPS) is 11.9. The molecule has 0 aliphatic carbocycles. The topological polar surface area (TPSA) is 70.7 Å². The van der Waals surface area contributed by atoms with Gasteiger partial charge >= 0.3 is 6.61 Å². The average Bonchev–Trinajstić information content (AvgIpc) is 2.74. The predicted molar refractivity (Wildman–Crippen MR) is 116 cm³/mol. The summed E-state index contributed by atoms with van der Waals surface area (Å²) in [6.45, 7) is 2.05. The summed E-state index contributed by atoms with van der Waals surface area (Å²) in [6, 6.07) is 15.0. The van der Waals surface area contributed by atoms with Crippen LogP contribution in [0.3, 0.4) is 0 Å². The first-order valence-corrected chi connectivity index (χ1v) is 10.3. The molecule has 0 radical (unpaired) electrons. The fourth-order valence-corrected chi connectivity index (χ4v) is 3.06. The second kappa shape index (κ2) is 12.6. The molecule has 2 aromatic carbocycles. The highest BCUT2D eigenvalue weighted by atomic mass is 19.3. The van der Waals surface area contributed by atoms with Gasteiger partial charge in [-0.05, 0) is 56.1 Å². The van der Waals surface area contributed by atoms with Crippen molar-refractivity contribution in [2.24, 2.45) is 0 Å². The lowest BCUT2D eigenvalue weighted by Gasteiger charge is -2.27. The zero-order valence-electron chi connectivity index (χ0n) is 17.8. The van der Waals surface area contributed by atoms with E-state index in [1.165, 1.54) is 12.1 Å². The van der Waals surface area contributed by atoms with Gasteiger partial charge in [-0.25, -0.2) is 0 Å². The molecular weight excluding hydrogens is 404 g/mol. The van der Waals surface area contributed by atoms with Crippen LogP contribution < -0.4 is 15.4 Å². The van der Waals surface area contributed by atoms with Gasteiger partial charge in [0.05, 0.1) is 12.6 Å². The number of anilines is 1. The van der Waals surface area contributed by atoms with Gasteiger partial charge in [-0.1, -0.05) is 37.3 Å². The molecule has 0 saturated carbocycles. The van der Waals surface area contributed by atoms with Gasteiger partial charge in [0.25, 0.3) is 0 Å². The molecule has 168 valence electrons. The van der Waals surface area contributed by atoms with Crippen molar-refractivity contribution in [1.29, 1.82) is 0 Å². The molecule has 0 aliphatic rings. The molecule has 0 saturated heterocycles. The Morgan fingerprint density at radius 3 is 2.35 bits per heavy atom. The van der Waals surface area contributed by atoms with Crippen LogP contribution in [0.1, 0.15) is 25.8 Å². The van der Waals surface area contributed by atoms with Gasteiger partial charge in [0.15, 0.2) is 0 Å². The molecule has 1 unspecified atom stereocenters. The van der Waals surface area contributed by atoms with E-state index in [-0.39, 0.29) is 24.1 Å². The molecule has 0 bridgehead atoms.